The molecule has 0 bridgehead atoms. The van der Waals surface area contributed by atoms with E-state index >= 15 is 0 Å². The van der Waals surface area contributed by atoms with Crippen molar-refractivity contribution in [2.45, 2.75) is 63.6 Å². The number of fused-ring (bicyclic) bond motifs is 1. The Balaban J connectivity index is 1.17. The van der Waals surface area contributed by atoms with Crippen LogP contribution >= 0.6 is 0 Å². The first-order valence-corrected chi connectivity index (χ1v) is 14.4. The van der Waals surface area contributed by atoms with Crippen LogP contribution in [0.3, 0.4) is 0 Å². The van der Waals surface area contributed by atoms with Gasteiger partial charge in [-0.3, -0.25) is 9.89 Å². The lowest BCUT2D eigenvalue weighted by molar-refractivity contribution is -0.148. The van der Waals surface area contributed by atoms with E-state index in [9.17, 15) is 13.6 Å². The van der Waals surface area contributed by atoms with Crippen LogP contribution in [-0.4, -0.2) is 70.0 Å². The third kappa shape index (κ3) is 5.74. The average Bonchev–Trinajstić information content (AvgIpc) is 3.77. The number of pyridine rings is 1. The van der Waals surface area contributed by atoms with Crippen LogP contribution in [0.4, 0.5) is 20.4 Å². The minimum absolute atomic E-state index is 0.0491. The number of aryl methyl sites for hydroxylation is 2. The SMILES string of the molecule is COC1(C(=O)N[C@@H](C)c2ccc(-n3cc(F)cn3)nc2)CCC(c2nc(Nc3cc(C)[nH]n3)c3cnn(CCF)c3n2)CC1. The van der Waals surface area contributed by atoms with Crippen molar-refractivity contribution < 1.29 is 18.3 Å². The second kappa shape index (κ2) is 12.1. The number of carbonyl (C=O) groups is 1. The number of halogens is 2. The number of amides is 1. The molecule has 0 saturated heterocycles. The molecule has 3 N–H and O–H groups in total. The molecule has 5 aromatic heterocycles. The van der Waals surface area contributed by atoms with Crippen molar-refractivity contribution in [2.24, 2.45) is 0 Å². The van der Waals surface area contributed by atoms with Crippen molar-refractivity contribution in [3.8, 4) is 5.82 Å². The van der Waals surface area contributed by atoms with Crippen LogP contribution in [0.1, 0.15) is 61.6 Å². The predicted molar refractivity (Wildman–Crippen MR) is 157 cm³/mol. The fraction of sp³-hybridized carbons (Fsp3) is 0.414. The Labute approximate surface area is 251 Å². The van der Waals surface area contributed by atoms with Gasteiger partial charge in [0.25, 0.3) is 5.91 Å². The van der Waals surface area contributed by atoms with Crippen LogP contribution in [-0.2, 0) is 16.1 Å². The normalized spacial score (nSPS) is 19.2. The van der Waals surface area contributed by atoms with Gasteiger partial charge in [-0.15, -0.1) is 0 Å². The molecular formula is C29H33F2N11O2. The van der Waals surface area contributed by atoms with Crippen LogP contribution in [0.25, 0.3) is 16.9 Å². The lowest BCUT2D eigenvalue weighted by atomic mass is 9.77. The first-order chi connectivity index (χ1) is 21.3. The predicted octanol–water partition coefficient (Wildman–Crippen LogP) is 4.21. The maximum Gasteiger partial charge on any atom is 0.252 e. The van der Waals surface area contributed by atoms with Crippen molar-refractivity contribution in [1.29, 1.82) is 0 Å². The number of hydrogen-bond acceptors (Lipinski definition) is 9. The highest BCUT2D eigenvalue weighted by Gasteiger charge is 2.43. The Hall–Kier alpha value is -4.79. The van der Waals surface area contributed by atoms with Crippen molar-refractivity contribution in [1.82, 2.24) is 50.0 Å². The lowest BCUT2D eigenvalue weighted by Gasteiger charge is -2.38. The van der Waals surface area contributed by atoms with Crippen LogP contribution in [0, 0.1) is 12.7 Å². The van der Waals surface area contributed by atoms with E-state index in [1.165, 1.54) is 15.6 Å². The van der Waals surface area contributed by atoms with Crippen molar-refractivity contribution >= 4 is 28.6 Å². The molecule has 13 nitrogen and oxygen atoms in total. The molecule has 1 saturated carbocycles. The number of anilines is 2. The highest BCUT2D eigenvalue weighted by Crippen LogP contribution is 2.40. The monoisotopic (exact) mass is 605 g/mol. The highest BCUT2D eigenvalue weighted by molar-refractivity contribution is 5.88. The van der Waals surface area contributed by atoms with Gasteiger partial charge in [0, 0.05) is 31.0 Å². The first kappa shape index (κ1) is 29.3. The van der Waals surface area contributed by atoms with Crippen LogP contribution in [0.5, 0.6) is 0 Å². The van der Waals surface area contributed by atoms with Gasteiger partial charge < -0.3 is 15.4 Å². The molecule has 0 aromatic carbocycles. The van der Waals surface area contributed by atoms with Crippen molar-refractivity contribution in [3.05, 3.63) is 65.9 Å². The van der Waals surface area contributed by atoms with E-state index in [4.69, 9.17) is 14.7 Å². The van der Waals surface area contributed by atoms with Crippen LogP contribution in [0.2, 0.25) is 0 Å². The summed E-state index contributed by atoms with van der Waals surface area (Å²) in [5.41, 5.74) is 1.20. The summed E-state index contributed by atoms with van der Waals surface area (Å²) in [6, 6.07) is 5.05. The van der Waals surface area contributed by atoms with Crippen LogP contribution in [0.15, 0.2) is 43.0 Å². The number of hydrogen-bond donors (Lipinski definition) is 3. The number of H-pyrrole nitrogens is 1. The summed E-state index contributed by atoms with van der Waals surface area (Å²) in [5.74, 6) is 1.48. The zero-order chi connectivity index (χ0) is 30.8. The molecule has 44 heavy (non-hydrogen) atoms. The molecule has 0 radical (unpaired) electrons. The van der Waals surface area contributed by atoms with Gasteiger partial charge in [-0.2, -0.15) is 15.3 Å². The largest absolute Gasteiger partial charge is 0.368 e. The molecule has 1 aliphatic carbocycles. The fourth-order valence-corrected chi connectivity index (χ4v) is 5.59. The quantitative estimate of drug-likeness (QED) is 0.212. The minimum Gasteiger partial charge on any atom is -0.368 e. The molecule has 15 heteroatoms. The van der Waals surface area contributed by atoms with Crippen molar-refractivity contribution in [2.75, 3.05) is 19.1 Å². The van der Waals surface area contributed by atoms with Gasteiger partial charge in [0.15, 0.2) is 23.1 Å². The van der Waals surface area contributed by atoms with E-state index in [1.54, 1.807) is 25.6 Å². The van der Waals surface area contributed by atoms with E-state index < -0.39 is 18.1 Å². The molecular weight excluding hydrogens is 572 g/mol. The molecule has 1 aliphatic rings. The average molecular weight is 606 g/mol. The summed E-state index contributed by atoms with van der Waals surface area (Å²) in [5, 5.41) is 22.4. The molecule has 0 unspecified atom stereocenters. The smallest absolute Gasteiger partial charge is 0.252 e. The second-order valence-corrected chi connectivity index (χ2v) is 11.0. The molecule has 5 aromatic rings. The molecule has 1 fully saturated rings. The second-order valence-electron chi connectivity index (χ2n) is 11.0. The zero-order valence-electron chi connectivity index (χ0n) is 24.6. The minimum atomic E-state index is -1.02. The Bertz CT molecular complexity index is 1760. The summed E-state index contributed by atoms with van der Waals surface area (Å²) in [4.78, 5) is 27.6. The van der Waals surface area contributed by atoms with E-state index in [-0.39, 0.29) is 24.4 Å². The highest BCUT2D eigenvalue weighted by atomic mass is 19.1. The van der Waals surface area contributed by atoms with Gasteiger partial charge in [0.05, 0.1) is 36.6 Å². The summed E-state index contributed by atoms with van der Waals surface area (Å²) < 4.78 is 35.3. The van der Waals surface area contributed by atoms with Gasteiger partial charge in [-0.05, 0) is 51.2 Å². The lowest BCUT2D eigenvalue weighted by Crippen LogP contribution is -2.50. The van der Waals surface area contributed by atoms with Crippen LogP contribution < -0.4 is 10.6 Å². The summed E-state index contributed by atoms with van der Waals surface area (Å²) in [6.07, 6.45) is 7.74. The number of aromatic amines is 1. The zero-order valence-corrected chi connectivity index (χ0v) is 24.6. The third-order valence-electron chi connectivity index (χ3n) is 8.13. The Kier molecular flexibility index (Phi) is 8.03. The summed E-state index contributed by atoms with van der Waals surface area (Å²) in [6.45, 7) is 3.28. The molecule has 6 rings (SSSR count). The number of methoxy groups -OCH3 is 1. The number of rotatable bonds is 10. The van der Waals surface area contributed by atoms with Gasteiger partial charge in [-0.1, -0.05) is 6.07 Å². The van der Waals surface area contributed by atoms with E-state index in [1.807, 2.05) is 26.0 Å². The number of nitrogens with one attached hydrogen (secondary N) is 3. The molecule has 0 aliphatic heterocycles. The first-order valence-electron chi connectivity index (χ1n) is 14.4. The van der Waals surface area contributed by atoms with E-state index in [0.717, 1.165) is 17.5 Å². The number of nitrogens with zero attached hydrogens (tertiary/aromatic N) is 8. The third-order valence-corrected chi connectivity index (χ3v) is 8.13. The Morgan fingerprint density at radius 1 is 1.20 bits per heavy atom. The molecule has 230 valence electrons. The molecule has 5 heterocycles. The summed E-state index contributed by atoms with van der Waals surface area (Å²) >= 11 is 0. The van der Waals surface area contributed by atoms with Gasteiger partial charge in [0.2, 0.25) is 0 Å². The number of alkyl halides is 1. The van der Waals surface area contributed by atoms with Gasteiger partial charge in [0.1, 0.15) is 23.9 Å². The van der Waals surface area contributed by atoms with E-state index in [0.29, 0.717) is 60.0 Å². The van der Waals surface area contributed by atoms with Crippen molar-refractivity contribution in [3.63, 3.8) is 0 Å². The summed E-state index contributed by atoms with van der Waals surface area (Å²) in [7, 11) is 1.55. The standard InChI is InChI=1S/C29H33F2N11O2/c1-17-12-23(40-39-17)36-26-22-15-34-41(11-10-30)27(22)38-25(37-26)19-6-8-29(44-3,9-7-19)28(43)35-18(2)20-4-5-24(32-13-20)42-16-21(31)14-33-42/h4-5,12-16,18-19H,6-11H2,1-3H3,(H,35,43)(H2,36,37,38,39,40)/t18-,19?,29?/m0/s1. The Morgan fingerprint density at radius 3 is 2.66 bits per heavy atom. The Morgan fingerprint density at radius 2 is 2.02 bits per heavy atom. The maximum atomic E-state index is 13.6. The number of aromatic nitrogens is 9. The van der Waals surface area contributed by atoms with E-state index in [2.05, 4.69) is 36.0 Å². The number of ether oxygens (including phenoxy) is 1. The molecule has 1 amide bonds. The van der Waals surface area contributed by atoms with Gasteiger partial charge in [-0.25, -0.2) is 33.1 Å². The fourth-order valence-electron chi connectivity index (χ4n) is 5.59. The van der Waals surface area contributed by atoms with Gasteiger partial charge >= 0.3 is 0 Å². The molecule has 1 atom stereocenters. The topological polar surface area (TPSA) is 153 Å². The number of carbonyl (C=O) groups excluding carboxylic acids is 1. The molecule has 0 spiro atoms. The maximum absolute atomic E-state index is 13.6.